The Morgan fingerprint density at radius 3 is 2.87 bits per heavy atom. The molecule has 3 N–H and O–H groups in total. The van der Waals surface area contributed by atoms with Crippen LogP contribution < -0.4 is 10.6 Å². The highest BCUT2D eigenvalue weighted by atomic mass is 16.3. The normalized spacial score (nSPS) is 24.4. The van der Waals surface area contributed by atoms with Crippen LogP contribution in [0.4, 0.5) is 5.82 Å². The summed E-state index contributed by atoms with van der Waals surface area (Å²) in [6.07, 6.45) is 0.400. The second-order valence-electron chi connectivity index (χ2n) is 8.22. The number of rotatable bonds is 0. The van der Waals surface area contributed by atoms with Gasteiger partial charge in [-0.2, -0.15) is 5.10 Å². The zero-order valence-corrected chi connectivity index (χ0v) is 17.2. The van der Waals surface area contributed by atoms with E-state index in [4.69, 9.17) is 4.98 Å². The van der Waals surface area contributed by atoms with E-state index in [0.717, 1.165) is 33.7 Å². The Balaban J connectivity index is 1.66. The number of aliphatic hydroxyl groups is 1. The molecule has 156 valence electrons. The van der Waals surface area contributed by atoms with Crippen LogP contribution in [0.5, 0.6) is 0 Å². The van der Waals surface area contributed by atoms with Crippen molar-refractivity contribution >= 4 is 22.6 Å². The van der Waals surface area contributed by atoms with Gasteiger partial charge in [0.25, 0.3) is 0 Å². The summed E-state index contributed by atoms with van der Waals surface area (Å²) in [4.78, 5) is 19.4. The summed E-state index contributed by atoms with van der Waals surface area (Å²) in [6, 6.07) is 11.8. The van der Waals surface area contributed by atoms with Gasteiger partial charge < -0.3 is 20.6 Å². The van der Waals surface area contributed by atoms with Gasteiger partial charge in [0.2, 0.25) is 5.91 Å². The molecule has 3 atom stereocenters. The van der Waals surface area contributed by atoms with E-state index < -0.39 is 6.10 Å². The molecule has 30 heavy (non-hydrogen) atoms. The van der Waals surface area contributed by atoms with E-state index >= 15 is 0 Å². The number of aryl methyl sites for hydroxylation is 1. The first-order valence-corrected chi connectivity index (χ1v) is 10.4. The predicted molar refractivity (Wildman–Crippen MR) is 115 cm³/mol. The fourth-order valence-corrected chi connectivity index (χ4v) is 4.60. The van der Waals surface area contributed by atoms with Gasteiger partial charge >= 0.3 is 0 Å². The summed E-state index contributed by atoms with van der Waals surface area (Å²) in [5, 5.41) is 23.4. The molecule has 3 aromatic rings. The molecule has 8 nitrogen and oxygen atoms in total. The van der Waals surface area contributed by atoms with Crippen LogP contribution in [0.2, 0.25) is 0 Å². The zero-order valence-electron chi connectivity index (χ0n) is 17.2. The van der Waals surface area contributed by atoms with Gasteiger partial charge in [0.1, 0.15) is 5.82 Å². The molecule has 4 heterocycles. The molecule has 1 unspecified atom stereocenters. The molecule has 0 spiro atoms. The summed E-state index contributed by atoms with van der Waals surface area (Å²) in [5.74, 6) is 0.831. The van der Waals surface area contributed by atoms with Crippen molar-refractivity contribution in [2.75, 3.05) is 25.5 Å². The Morgan fingerprint density at radius 1 is 1.17 bits per heavy atom. The first kappa shape index (κ1) is 19.0. The van der Waals surface area contributed by atoms with E-state index in [1.807, 2.05) is 43.4 Å². The molecule has 2 aliphatic heterocycles. The Morgan fingerprint density at radius 2 is 2.00 bits per heavy atom. The maximum absolute atomic E-state index is 12.9. The number of pyridine rings is 1. The molecule has 0 aliphatic carbocycles. The topological polar surface area (TPSA) is 95.3 Å². The summed E-state index contributed by atoms with van der Waals surface area (Å²) in [6.45, 7) is 1.18. The molecule has 1 fully saturated rings. The number of likely N-dealkylation sites (N-methyl/N-ethyl adjacent to an activating group) is 1. The minimum absolute atomic E-state index is 0.0543. The standard InChI is InChI=1S/C22H26N6O2/c1-27-10-9-18(29)21-20-14(5-3-7-16(20)26-28(21)2)15-6-4-8-19(25-15)24-13-11-17(22(27)30)23-12-13/h3-8,13,17-18,23,29H,9-12H2,1-2H3,(H,24,25)/t13-,17-,18?/m0/s1. The van der Waals surface area contributed by atoms with Gasteiger partial charge in [0, 0.05) is 44.2 Å². The molecule has 0 radical (unpaired) electrons. The van der Waals surface area contributed by atoms with Crippen molar-refractivity contribution in [3.63, 3.8) is 0 Å². The Labute approximate surface area is 174 Å². The van der Waals surface area contributed by atoms with Crippen molar-refractivity contribution in [1.82, 2.24) is 25.0 Å². The van der Waals surface area contributed by atoms with Crippen LogP contribution in [0.15, 0.2) is 36.4 Å². The minimum Gasteiger partial charge on any atom is -0.387 e. The lowest BCUT2D eigenvalue weighted by Gasteiger charge is -2.23. The van der Waals surface area contributed by atoms with Crippen molar-refractivity contribution in [3.8, 4) is 11.3 Å². The van der Waals surface area contributed by atoms with E-state index in [-0.39, 0.29) is 18.0 Å². The van der Waals surface area contributed by atoms with Crippen molar-refractivity contribution in [1.29, 1.82) is 0 Å². The van der Waals surface area contributed by atoms with Crippen molar-refractivity contribution < 1.29 is 9.90 Å². The van der Waals surface area contributed by atoms with Crippen LogP contribution in [-0.4, -0.2) is 62.9 Å². The van der Waals surface area contributed by atoms with E-state index in [1.165, 1.54) is 0 Å². The molecule has 1 amide bonds. The van der Waals surface area contributed by atoms with E-state index in [0.29, 0.717) is 25.9 Å². The summed E-state index contributed by atoms with van der Waals surface area (Å²) in [5.41, 5.74) is 3.34. The maximum Gasteiger partial charge on any atom is 0.239 e. The molecule has 1 saturated heterocycles. The summed E-state index contributed by atoms with van der Waals surface area (Å²) < 4.78 is 1.74. The number of nitrogens with zero attached hydrogens (tertiary/aromatic N) is 4. The van der Waals surface area contributed by atoms with Crippen LogP contribution in [0.1, 0.15) is 24.6 Å². The second-order valence-corrected chi connectivity index (χ2v) is 8.22. The highest BCUT2D eigenvalue weighted by Gasteiger charge is 2.32. The molecule has 5 rings (SSSR count). The van der Waals surface area contributed by atoms with Gasteiger partial charge in [-0.25, -0.2) is 4.98 Å². The van der Waals surface area contributed by atoms with Crippen molar-refractivity contribution in [3.05, 3.63) is 42.1 Å². The number of carbonyl (C=O) groups excluding carboxylic acids is 1. The lowest BCUT2D eigenvalue weighted by molar-refractivity contribution is -0.132. The average molecular weight is 406 g/mol. The van der Waals surface area contributed by atoms with Gasteiger partial charge in [-0.15, -0.1) is 0 Å². The number of anilines is 1. The third-order valence-electron chi connectivity index (χ3n) is 6.14. The number of hydrogen-bond acceptors (Lipinski definition) is 6. The van der Waals surface area contributed by atoms with E-state index in [9.17, 15) is 9.90 Å². The first-order valence-electron chi connectivity index (χ1n) is 10.4. The number of hydrogen-bond donors (Lipinski definition) is 3. The minimum atomic E-state index is -0.743. The van der Waals surface area contributed by atoms with Crippen LogP contribution in [0.25, 0.3) is 22.2 Å². The predicted octanol–water partition coefficient (Wildman–Crippen LogP) is 1.67. The number of aromatic nitrogens is 3. The average Bonchev–Trinajstić information content (AvgIpc) is 3.34. The molecular formula is C22H26N6O2. The van der Waals surface area contributed by atoms with Gasteiger partial charge in [0.05, 0.1) is 29.1 Å². The molecule has 4 bridgehead atoms. The number of benzene rings is 1. The molecule has 2 aromatic heterocycles. The number of carbonyl (C=O) groups is 1. The van der Waals surface area contributed by atoms with Gasteiger partial charge in [0.15, 0.2) is 0 Å². The van der Waals surface area contributed by atoms with Crippen LogP contribution in [0.3, 0.4) is 0 Å². The fourth-order valence-electron chi connectivity index (χ4n) is 4.60. The van der Waals surface area contributed by atoms with E-state index in [2.05, 4.69) is 15.7 Å². The fraction of sp³-hybridized carbons (Fsp3) is 0.409. The monoisotopic (exact) mass is 406 g/mol. The summed E-state index contributed by atoms with van der Waals surface area (Å²) >= 11 is 0. The maximum atomic E-state index is 12.9. The third-order valence-corrected chi connectivity index (χ3v) is 6.14. The highest BCUT2D eigenvalue weighted by Crippen LogP contribution is 2.34. The SMILES string of the molecule is CN1CCC(O)c2c3c(cccc3nn2C)-c2cccc(n2)N[C@@H]2CN[C@@H](C2)C1=O. The zero-order chi connectivity index (χ0) is 20.8. The molecule has 2 aliphatic rings. The summed E-state index contributed by atoms with van der Waals surface area (Å²) in [7, 11) is 3.65. The quantitative estimate of drug-likeness (QED) is 0.526. The Kier molecular flexibility index (Phi) is 4.67. The second kappa shape index (κ2) is 7.37. The number of amides is 1. The van der Waals surface area contributed by atoms with Crippen LogP contribution in [-0.2, 0) is 11.8 Å². The first-order chi connectivity index (χ1) is 14.5. The lowest BCUT2D eigenvalue weighted by atomic mass is 10.0. The van der Waals surface area contributed by atoms with Gasteiger partial charge in [-0.1, -0.05) is 18.2 Å². The molecular weight excluding hydrogens is 380 g/mol. The van der Waals surface area contributed by atoms with Crippen molar-refractivity contribution in [2.24, 2.45) is 7.05 Å². The smallest absolute Gasteiger partial charge is 0.239 e. The highest BCUT2D eigenvalue weighted by molar-refractivity contribution is 5.96. The number of aliphatic hydroxyl groups excluding tert-OH is 1. The lowest BCUT2D eigenvalue weighted by Crippen LogP contribution is -2.42. The largest absolute Gasteiger partial charge is 0.387 e. The van der Waals surface area contributed by atoms with Crippen LogP contribution >= 0.6 is 0 Å². The van der Waals surface area contributed by atoms with E-state index in [1.54, 1.807) is 16.6 Å². The molecule has 0 saturated carbocycles. The molecule has 8 heteroatoms. The van der Waals surface area contributed by atoms with Gasteiger partial charge in [-0.3, -0.25) is 9.48 Å². The number of nitrogens with one attached hydrogen (secondary N) is 2. The van der Waals surface area contributed by atoms with Crippen molar-refractivity contribution in [2.45, 2.75) is 31.0 Å². The van der Waals surface area contributed by atoms with Crippen LogP contribution in [0, 0.1) is 0 Å². The molecule has 1 aromatic carbocycles. The Bertz CT molecular complexity index is 1110. The third kappa shape index (κ3) is 3.22. The Hall–Kier alpha value is -2.97. The number of fused-ring (bicyclic) bond motifs is 5. The van der Waals surface area contributed by atoms with Gasteiger partial charge in [-0.05, 0) is 31.0 Å².